The third-order valence-corrected chi connectivity index (χ3v) is 6.32. The second-order valence-corrected chi connectivity index (χ2v) is 7.75. The van der Waals surface area contributed by atoms with Crippen LogP contribution in [0.3, 0.4) is 0 Å². The van der Waals surface area contributed by atoms with E-state index in [2.05, 4.69) is 44.2 Å². The van der Waals surface area contributed by atoms with E-state index in [0.717, 1.165) is 16.5 Å². The van der Waals surface area contributed by atoms with Crippen molar-refractivity contribution in [3.8, 4) is 0 Å². The third kappa shape index (κ3) is 4.01. The van der Waals surface area contributed by atoms with E-state index in [9.17, 15) is 0 Å². The fourth-order valence-corrected chi connectivity index (χ4v) is 4.90. The van der Waals surface area contributed by atoms with Crippen LogP contribution in [0, 0.1) is 6.92 Å². The predicted molar refractivity (Wildman–Crippen MR) is 92.8 cm³/mol. The normalized spacial score (nSPS) is 14.2. The third-order valence-electron chi connectivity index (χ3n) is 3.41. The van der Waals surface area contributed by atoms with Crippen molar-refractivity contribution in [3.05, 3.63) is 56.7 Å². The highest BCUT2D eigenvalue weighted by Gasteiger charge is 2.21. The maximum atomic E-state index is 6.30. The number of thioether (sulfide) groups is 1. The highest BCUT2D eigenvalue weighted by atomic mass is 35.5. The summed E-state index contributed by atoms with van der Waals surface area (Å²) in [6.45, 7) is 4.30. The van der Waals surface area contributed by atoms with Crippen LogP contribution in [-0.4, -0.2) is 6.04 Å². The van der Waals surface area contributed by atoms with Gasteiger partial charge in [0.25, 0.3) is 0 Å². The highest BCUT2D eigenvalue weighted by Crippen LogP contribution is 2.39. The largest absolute Gasteiger partial charge is 0.326 e. The molecule has 2 unspecified atom stereocenters. The van der Waals surface area contributed by atoms with Gasteiger partial charge in [0.15, 0.2) is 0 Å². The molecule has 0 spiro atoms. The number of thiophene rings is 1. The lowest BCUT2D eigenvalue weighted by molar-refractivity contribution is 0.640. The van der Waals surface area contributed by atoms with Gasteiger partial charge < -0.3 is 5.73 Å². The topological polar surface area (TPSA) is 26.0 Å². The van der Waals surface area contributed by atoms with Crippen molar-refractivity contribution in [3.63, 3.8) is 0 Å². The Balaban J connectivity index is 2.11. The summed E-state index contributed by atoms with van der Waals surface area (Å²) in [5.74, 6) is 0.987. The van der Waals surface area contributed by atoms with E-state index < -0.39 is 0 Å². The molecule has 1 heterocycles. The summed E-state index contributed by atoms with van der Waals surface area (Å²) in [6, 6.07) is 12.8. The first-order valence-corrected chi connectivity index (χ1v) is 9.03. The Kier molecular flexibility index (Phi) is 5.97. The molecule has 0 fully saturated rings. The van der Waals surface area contributed by atoms with E-state index in [1.165, 1.54) is 16.0 Å². The Morgan fingerprint density at radius 1 is 1.25 bits per heavy atom. The van der Waals surface area contributed by atoms with Crippen molar-refractivity contribution in [2.45, 2.75) is 37.3 Å². The molecule has 0 saturated heterocycles. The van der Waals surface area contributed by atoms with Gasteiger partial charge in [0.1, 0.15) is 0 Å². The summed E-state index contributed by atoms with van der Waals surface area (Å²) >= 11 is 9.62. The molecule has 0 aliphatic carbocycles. The molecule has 0 radical (unpaired) electrons. The van der Waals surface area contributed by atoms with Crippen LogP contribution >= 0.6 is 34.7 Å². The zero-order valence-electron chi connectivity index (χ0n) is 11.8. The number of rotatable bonds is 6. The van der Waals surface area contributed by atoms with Crippen molar-refractivity contribution in [1.29, 1.82) is 0 Å². The van der Waals surface area contributed by atoms with Gasteiger partial charge in [-0.25, -0.2) is 0 Å². The molecule has 0 aliphatic heterocycles. The lowest BCUT2D eigenvalue weighted by Gasteiger charge is -2.21. The monoisotopic (exact) mass is 325 g/mol. The van der Waals surface area contributed by atoms with Crippen LogP contribution in [0.4, 0.5) is 0 Å². The number of aryl methyl sites for hydroxylation is 1. The molecule has 0 amide bonds. The molecule has 1 nitrogen and oxygen atoms in total. The van der Waals surface area contributed by atoms with Crippen molar-refractivity contribution < 1.29 is 0 Å². The van der Waals surface area contributed by atoms with Gasteiger partial charge >= 0.3 is 0 Å². The molecule has 108 valence electrons. The Labute approximate surface area is 134 Å². The van der Waals surface area contributed by atoms with E-state index in [4.69, 9.17) is 17.3 Å². The Morgan fingerprint density at radius 3 is 2.60 bits per heavy atom. The first kappa shape index (κ1) is 15.9. The van der Waals surface area contributed by atoms with Crippen LogP contribution in [0.1, 0.15) is 34.6 Å². The van der Waals surface area contributed by atoms with Gasteiger partial charge in [-0.3, -0.25) is 0 Å². The van der Waals surface area contributed by atoms with E-state index in [0.29, 0.717) is 5.25 Å². The zero-order valence-corrected chi connectivity index (χ0v) is 14.2. The van der Waals surface area contributed by atoms with Gasteiger partial charge in [-0.2, -0.15) is 0 Å². The summed E-state index contributed by atoms with van der Waals surface area (Å²) < 4.78 is 0.838. The second-order valence-electron chi connectivity index (χ2n) is 4.87. The van der Waals surface area contributed by atoms with E-state index in [1.54, 1.807) is 11.3 Å². The number of nitrogens with two attached hydrogens (primary N) is 1. The van der Waals surface area contributed by atoms with Gasteiger partial charge in [0.05, 0.1) is 9.59 Å². The lowest BCUT2D eigenvalue weighted by Crippen LogP contribution is -2.25. The van der Waals surface area contributed by atoms with Crippen LogP contribution in [0.15, 0.2) is 36.4 Å². The molecule has 0 aliphatic rings. The SMILES string of the molecule is CCC(N)C(SCc1ccccc1C)c1ccc(Cl)s1. The van der Waals surface area contributed by atoms with Crippen LogP contribution in [0.5, 0.6) is 0 Å². The van der Waals surface area contributed by atoms with Gasteiger partial charge in [-0.1, -0.05) is 42.8 Å². The maximum absolute atomic E-state index is 6.30. The molecule has 20 heavy (non-hydrogen) atoms. The van der Waals surface area contributed by atoms with Crippen molar-refractivity contribution in [2.75, 3.05) is 0 Å². The lowest BCUT2D eigenvalue weighted by atomic mass is 10.1. The standard InChI is InChI=1S/C16H20ClNS2/c1-3-13(18)16(14-8-9-15(17)20-14)19-10-12-7-5-4-6-11(12)2/h4-9,13,16H,3,10,18H2,1-2H3. The van der Waals surface area contributed by atoms with Gasteiger partial charge in [0.2, 0.25) is 0 Å². The molecule has 2 aromatic rings. The maximum Gasteiger partial charge on any atom is 0.0931 e. The molecule has 1 aromatic carbocycles. The second kappa shape index (κ2) is 7.51. The molecule has 1 aromatic heterocycles. The van der Waals surface area contributed by atoms with Crippen molar-refractivity contribution in [1.82, 2.24) is 0 Å². The van der Waals surface area contributed by atoms with E-state index in [1.807, 2.05) is 17.8 Å². The molecular weight excluding hydrogens is 306 g/mol. The summed E-state index contributed by atoms with van der Waals surface area (Å²) in [5, 5.41) is 0.317. The molecular formula is C16H20ClNS2. The average molecular weight is 326 g/mol. The summed E-state index contributed by atoms with van der Waals surface area (Å²) in [4.78, 5) is 1.28. The van der Waals surface area contributed by atoms with Crippen molar-refractivity contribution >= 4 is 34.7 Å². The summed E-state index contributed by atoms with van der Waals surface area (Å²) in [5.41, 5.74) is 9.03. The Morgan fingerprint density at radius 2 is 2.00 bits per heavy atom. The Bertz CT molecular complexity index is 553. The first-order valence-electron chi connectivity index (χ1n) is 6.78. The molecule has 2 rings (SSSR count). The van der Waals surface area contributed by atoms with Gasteiger partial charge in [-0.05, 0) is 36.6 Å². The van der Waals surface area contributed by atoms with Crippen LogP contribution in [-0.2, 0) is 5.75 Å². The fourth-order valence-electron chi connectivity index (χ4n) is 2.06. The minimum atomic E-state index is 0.165. The molecule has 0 bridgehead atoms. The summed E-state index contributed by atoms with van der Waals surface area (Å²) in [7, 11) is 0. The Hall–Kier alpha value is -0.480. The minimum absolute atomic E-state index is 0.165. The van der Waals surface area contributed by atoms with Crippen LogP contribution in [0.25, 0.3) is 0 Å². The highest BCUT2D eigenvalue weighted by molar-refractivity contribution is 7.98. The van der Waals surface area contributed by atoms with E-state index >= 15 is 0 Å². The fraction of sp³-hybridized carbons (Fsp3) is 0.375. The van der Waals surface area contributed by atoms with E-state index in [-0.39, 0.29) is 6.04 Å². The predicted octanol–water partition coefficient (Wildman–Crippen LogP) is 5.42. The number of hydrogen-bond donors (Lipinski definition) is 1. The molecule has 0 saturated carbocycles. The number of benzene rings is 1. The average Bonchev–Trinajstić information content (AvgIpc) is 2.87. The van der Waals surface area contributed by atoms with Crippen LogP contribution < -0.4 is 5.73 Å². The van der Waals surface area contributed by atoms with Gasteiger partial charge in [-0.15, -0.1) is 23.1 Å². The minimum Gasteiger partial charge on any atom is -0.326 e. The van der Waals surface area contributed by atoms with Crippen molar-refractivity contribution in [2.24, 2.45) is 5.73 Å². The molecule has 2 N–H and O–H groups in total. The van der Waals surface area contributed by atoms with Crippen LogP contribution in [0.2, 0.25) is 4.34 Å². The number of hydrogen-bond acceptors (Lipinski definition) is 3. The van der Waals surface area contributed by atoms with Gasteiger partial charge in [0, 0.05) is 16.7 Å². The first-order chi connectivity index (χ1) is 9.61. The summed E-state index contributed by atoms with van der Waals surface area (Å²) in [6.07, 6.45) is 0.973. The number of halogens is 1. The molecule has 2 atom stereocenters. The smallest absolute Gasteiger partial charge is 0.0931 e. The quantitative estimate of drug-likeness (QED) is 0.767. The molecule has 4 heteroatoms. The zero-order chi connectivity index (χ0) is 14.5.